The van der Waals surface area contributed by atoms with Gasteiger partial charge in [-0.2, -0.15) is 0 Å². The molecule has 1 unspecified atom stereocenters. The zero-order valence-corrected chi connectivity index (χ0v) is 9.02. The minimum absolute atomic E-state index is 0.0342. The first-order valence-corrected chi connectivity index (χ1v) is 5.23. The maximum absolute atomic E-state index is 12.8. The molecule has 1 rings (SSSR count). The maximum Gasteiger partial charge on any atom is 0.141 e. The Morgan fingerprint density at radius 3 is 2.79 bits per heavy atom. The molecule has 0 heterocycles. The van der Waals surface area contributed by atoms with Gasteiger partial charge in [0, 0.05) is 6.04 Å². The second-order valence-electron chi connectivity index (χ2n) is 3.42. The minimum Gasteiger partial charge on any atom is -0.324 e. The van der Waals surface area contributed by atoms with Gasteiger partial charge >= 0.3 is 0 Å². The molecule has 0 spiro atoms. The van der Waals surface area contributed by atoms with E-state index in [0.717, 1.165) is 24.8 Å². The van der Waals surface area contributed by atoms with Gasteiger partial charge in [-0.05, 0) is 24.1 Å². The Morgan fingerprint density at radius 1 is 1.50 bits per heavy atom. The molecule has 1 atom stereocenters. The van der Waals surface area contributed by atoms with Crippen LogP contribution in [0.2, 0.25) is 5.02 Å². The highest BCUT2D eigenvalue weighted by Crippen LogP contribution is 2.22. The van der Waals surface area contributed by atoms with Crippen molar-refractivity contribution in [3.05, 3.63) is 34.6 Å². The predicted molar refractivity (Wildman–Crippen MR) is 57.9 cm³/mol. The molecule has 14 heavy (non-hydrogen) atoms. The average molecular weight is 216 g/mol. The van der Waals surface area contributed by atoms with Gasteiger partial charge in [-0.15, -0.1) is 0 Å². The molecule has 3 heteroatoms. The molecule has 0 aromatic heterocycles. The van der Waals surface area contributed by atoms with Crippen molar-refractivity contribution in [2.45, 2.75) is 32.2 Å². The van der Waals surface area contributed by atoms with Crippen molar-refractivity contribution in [3.8, 4) is 0 Å². The van der Waals surface area contributed by atoms with Crippen molar-refractivity contribution < 1.29 is 4.39 Å². The second-order valence-corrected chi connectivity index (χ2v) is 3.83. The molecule has 1 nitrogen and oxygen atoms in total. The molecular formula is C11H15ClFN. The highest BCUT2D eigenvalue weighted by molar-refractivity contribution is 6.30. The lowest BCUT2D eigenvalue weighted by Crippen LogP contribution is -2.10. The van der Waals surface area contributed by atoms with E-state index in [2.05, 4.69) is 6.92 Å². The molecule has 1 aromatic rings. The average Bonchev–Trinajstić information content (AvgIpc) is 2.18. The largest absolute Gasteiger partial charge is 0.324 e. The second kappa shape index (κ2) is 5.32. The van der Waals surface area contributed by atoms with Crippen molar-refractivity contribution in [1.82, 2.24) is 0 Å². The SMILES string of the molecule is CCCCC(N)c1ccc(F)c(Cl)c1. The lowest BCUT2D eigenvalue weighted by Gasteiger charge is -2.11. The van der Waals surface area contributed by atoms with Gasteiger partial charge in [-0.3, -0.25) is 0 Å². The molecule has 0 radical (unpaired) electrons. The Hall–Kier alpha value is -0.600. The van der Waals surface area contributed by atoms with Crippen LogP contribution in [0, 0.1) is 5.82 Å². The molecule has 78 valence electrons. The van der Waals surface area contributed by atoms with Gasteiger partial charge in [0.1, 0.15) is 5.82 Å². The third-order valence-corrected chi connectivity index (χ3v) is 2.53. The van der Waals surface area contributed by atoms with Crippen LogP contribution >= 0.6 is 11.6 Å². The summed E-state index contributed by atoms with van der Waals surface area (Å²) in [6, 6.07) is 4.63. The fourth-order valence-corrected chi connectivity index (χ4v) is 1.52. The van der Waals surface area contributed by atoms with Crippen LogP contribution in [0.5, 0.6) is 0 Å². The number of unbranched alkanes of at least 4 members (excludes halogenated alkanes) is 1. The van der Waals surface area contributed by atoms with Crippen LogP contribution in [0.25, 0.3) is 0 Å². The summed E-state index contributed by atoms with van der Waals surface area (Å²) >= 11 is 5.66. The Morgan fingerprint density at radius 2 is 2.21 bits per heavy atom. The van der Waals surface area contributed by atoms with Crippen LogP contribution in [0.15, 0.2) is 18.2 Å². The van der Waals surface area contributed by atoms with Gasteiger partial charge in [-0.1, -0.05) is 37.4 Å². The van der Waals surface area contributed by atoms with Crippen molar-refractivity contribution in [2.24, 2.45) is 5.73 Å². The zero-order chi connectivity index (χ0) is 10.6. The molecule has 1 aromatic carbocycles. The smallest absolute Gasteiger partial charge is 0.141 e. The molecule has 0 fully saturated rings. The monoisotopic (exact) mass is 215 g/mol. The summed E-state index contributed by atoms with van der Waals surface area (Å²) in [5.41, 5.74) is 6.83. The van der Waals surface area contributed by atoms with E-state index in [1.54, 1.807) is 12.1 Å². The molecular weight excluding hydrogens is 201 g/mol. The molecule has 0 saturated heterocycles. The van der Waals surface area contributed by atoms with Gasteiger partial charge in [-0.25, -0.2) is 4.39 Å². The zero-order valence-electron chi connectivity index (χ0n) is 8.26. The van der Waals surface area contributed by atoms with E-state index in [1.807, 2.05) is 0 Å². The van der Waals surface area contributed by atoms with E-state index >= 15 is 0 Å². The van der Waals surface area contributed by atoms with E-state index < -0.39 is 5.82 Å². The Balaban J connectivity index is 2.70. The van der Waals surface area contributed by atoms with Crippen LogP contribution in [0.3, 0.4) is 0 Å². The molecule has 0 amide bonds. The van der Waals surface area contributed by atoms with Crippen LogP contribution in [0.1, 0.15) is 37.8 Å². The van der Waals surface area contributed by atoms with Gasteiger partial charge in [0.05, 0.1) is 5.02 Å². The first-order valence-electron chi connectivity index (χ1n) is 4.85. The summed E-state index contributed by atoms with van der Waals surface area (Å²) in [5, 5.41) is 0.148. The van der Waals surface area contributed by atoms with Crippen molar-refractivity contribution in [3.63, 3.8) is 0 Å². The topological polar surface area (TPSA) is 26.0 Å². The third-order valence-electron chi connectivity index (χ3n) is 2.24. The lowest BCUT2D eigenvalue weighted by atomic mass is 10.0. The molecule has 0 saturated carbocycles. The number of nitrogens with two attached hydrogens (primary N) is 1. The molecule has 0 bridgehead atoms. The van der Waals surface area contributed by atoms with Crippen molar-refractivity contribution in [1.29, 1.82) is 0 Å². The first-order chi connectivity index (χ1) is 6.65. The van der Waals surface area contributed by atoms with Gasteiger partial charge in [0.25, 0.3) is 0 Å². The van der Waals surface area contributed by atoms with Crippen LogP contribution in [-0.4, -0.2) is 0 Å². The summed E-state index contributed by atoms with van der Waals surface area (Å²) in [7, 11) is 0. The number of hydrogen-bond donors (Lipinski definition) is 1. The number of rotatable bonds is 4. The van der Waals surface area contributed by atoms with Crippen LogP contribution < -0.4 is 5.73 Å². The number of hydrogen-bond acceptors (Lipinski definition) is 1. The van der Waals surface area contributed by atoms with Gasteiger partial charge < -0.3 is 5.73 Å². The summed E-state index contributed by atoms with van der Waals surface area (Å²) in [6.45, 7) is 2.12. The Bertz CT molecular complexity index is 301. The quantitative estimate of drug-likeness (QED) is 0.815. The Labute approximate surface area is 89.1 Å². The summed E-state index contributed by atoms with van der Waals surface area (Å²) in [4.78, 5) is 0. The van der Waals surface area contributed by atoms with Crippen molar-refractivity contribution in [2.75, 3.05) is 0 Å². The molecule has 0 aliphatic heterocycles. The summed E-state index contributed by atoms with van der Waals surface area (Å²) < 4.78 is 12.8. The lowest BCUT2D eigenvalue weighted by molar-refractivity contribution is 0.597. The normalized spacial score (nSPS) is 12.9. The standard InChI is InChI=1S/C11H15ClFN/c1-2-3-4-11(14)8-5-6-10(13)9(12)7-8/h5-7,11H,2-4,14H2,1H3. The molecule has 2 N–H and O–H groups in total. The maximum atomic E-state index is 12.8. The van der Waals surface area contributed by atoms with E-state index in [4.69, 9.17) is 17.3 Å². The molecule has 0 aliphatic carbocycles. The van der Waals surface area contributed by atoms with E-state index in [0.29, 0.717) is 0 Å². The summed E-state index contributed by atoms with van der Waals surface area (Å²) in [6.07, 6.45) is 3.11. The number of benzene rings is 1. The van der Waals surface area contributed by atoms with E-state index in [1.165, 1.54) is 6.07 Å². The first kappa shape index (κ1) is 11.5. The Kier molecular flexibility index (Phi) is 4.36. The fourth-order valence-electron chi connectivity index (χ4n) is 1.33. The fraction of sp³-hybridized carbons (Fsp3) is 0.455. The van der Waals surface area contributed by atoms with Crippen LogP contribution in [0.4, 0.5) is 4.39 Å². The van der Waals surface area contributed by atoms with E-state index in [-0.39, 0.29) is 11.1 Å². The third kappa shape index (κ3) is 2.96. The van der Waals surface area contributed by atoms with E-state index in [9.17, 15) is 4.39 Å². The van der Waals surface area contributed by atoms with Crippen molar-refractivity contribution >= 4 is 11.6 Å². The highest BCUT2D eigenvalue weighted by atomic mass is 35.5. The predicted octanol–water partition coefficient (Wildman–Crippen LogP) is 3.67. The minimum atomic E-state index is -0.391. The highest BCUT2D eigenvalue weighted by Gasteiger charge is 2.07. The summed E-state index contributed by atoms with van der Waals surface area (Å²) in [5.74, 6) is -0.391. The molecule has 0 aliphatic rings. The van der Waals surface area contributed by atoms with Gasteiger partial charge in [0.15, 0.2) is 0 Å². The number of halogens is 2. The van der Waals surface area contributed by atoms with Gasteiger partial charge in [0.2, 0.25) is 0 Å². The van der Waals surface area contributed by atoms with Crippen LogP contribution in [-0.2, 0) is 0 Å².